The van der Waals surface area contributed by atoms with Crippen LogP contribution in [0.25, 0.3) is 34.2 Å². The van der Waals surface area contributed by atoms with Gasteiger partial charge in [0, 0.05) is 35.3 Å². The summed E-state index contributed by atoms with van der Waals surface area (Å²) in [6.07, 6.45) is 4.84. The summed E-state index contributed by atoms with van der Waals surface area (Å²) in [5.41, 5.74) is 4.09. The van der Waals surface area contributed by atoms with Crippen LogP contribution in [0.4, 0.5) is 0 Å². The van der Waals surface area contributed by atoms with Crippen molar-refractivity contribution < 1.29 is 13.5 Å². The van der Waals surface area contributed by atoms with Gasteiger partial charge >= 0.3 is 0 Å². The van der Waals surface area contributed by atoms with Gasteiger partial charge < -0.3 is 9.73 Å². The summed E-state index contributed by atoms with van der Waals surface area (Å²) in [7, 11) is -0.966. The lowest BCUT2D eigenvalue weighted by Crippen LogP contribution is -2.10. The summed E-state index contributed by atoms with van der Waals surface area (Å²) in [5.74, 6) is 0.794. The van der Waals surface area contributed by atoms with Crippen LogP contribution in [0, 0.1) is 0 Å². The number of hydrogen-bond acceptors (Lipinski definition) is 8. The zero-order valence-corrected chi connectivity index (χ0v) is 18.9. The molecule has 3 heterocycles. The Morgan fingerprint density at radius 1 is 0.906 bits per heavy atom. The van der Waals surface area contributed by atoms with Crippen LogP contribution in [0.3, 0.4) is 0 Å². The van der Waals surface area contributed by atoms with Crippen molar-refractivity contribution in [1.29, 1.82) is 0 Å². The molecule has 0 bridgehead atoms. The molecule has 0 radical (unpaired) electrons. The van der Waals surface area contributed by atoms with Crippen molar-refractivity contribution in [2.24, 2.45) is 0 Å². The Morgan fingerprint density at radius 3 is 2.22 bits per heavy atom. The Bertz CT molecular complexity index is 1190. The van der Waals surface area contributed by atoms with Crippen molar-refractivity contribution in [3.63, 3.8) is 0 Å². The van der Waals surface area contributed by atoms with Gasteiger partial charge in [0.15, 0.2) is 0 Å². The number of rotatable bonds is 7. The van der Waals surface area contributed by atoms with Crippen molar-refractivity contribution in [2.45, 2.75) is 30.5 Å². The van der Waals surface area contributed by atoms with Gasteiger partial charge in [0.25, 0.3) is 0 Å². The highest BCUT2D eigenvalue weighted by Crippen LogP contribution is 2.51. The van der Waals surface area contributed by atoms with Gasteiger partial charge in [0.2, 0.25) is 11.8 Å². The molecule has 3 N–H and O–H groups in total. The topological polar surface area (TPSA) is 117 Å². The average Bonchev–Trinajstić information content (AvgIpc) is 3.30. The van der Waals surface area contributed by atoms with Gasteiger partial charge in [-0.3, -0.25) is 19.1 Å². The second-order valence-electron chi connectivity index (χ2n) is 7.62. The molecule has 0 aliphatic rings. The number of nitrogens with one attached hydrogen (secondary N) is 1. The van der Waals surface area contributed by atoms with Crippen LogP contribution < -0.4 is 5.32 Å². The van der Waals surface area contributed by atoms with Gasteiger partial charge in [-0.15, -0.1) is 10.2 Å². The maximum absolute atomic E-state index is 10.3. The molecular formula is C23H25N5O3S. The summed E-state index contributed by atoms with van der Waals surface area (Å²) in [6.45, 7) is 4.33. The lowest BCUT2D eigenvalue weighted by molar-refractivity contribution is 0.476. The Morgan fingerprint density at radius 2 is 1.59 bits per heavy atom. The first-order valence-corrected chi connectivity index (χ1v) is 11.8. The van der Waals surface area contributed by atoms with Crippen molar-refractivity contribution >= 4 is 10.6 Å². The molecule has 4 rings (SSSR count). The number of benzene rings is 1. The van der Waals surface area contributed by atoms with Crippen molar-refractivity contribution in [3.8, 4) is 34.2 Å². The Kier molecular flexibility index (Phi) is 6.33. The summed E-state index contributed by atoms with van der Waals surface area (Å²) < 4.78 is 26.5. The van der Waals surface area contributed by atoms with E-state index in [1.165, 1.54) is 11.8 Å². The lowest BCUT2D eigenvalue weighted by Gasteiger charge is -2.36. The fourth-order valence-corrected chi connectivity index (χ4v) is 4.14. The molecule has 8 nitrogen and oxygen atoms in total. The van der Waals surface area contributed by atoms with Gasteiger partial charge in [0.1, 0.15) is 0 Å². The summed E-state index contributed by atoms with van der Waals surface area (Å²) in [5, 5.41) is 11.2. The van der Waals surface area contributed by atoms with Crippen LogP contribution in [0.15, 0.2) is 70.4 Å². The summed E-state index contributed by atoms with van der Waals surface area (Å²) in [6, 6.07) is 13.2. The average molecular weight is 452 g/mol. The van der Waals surface area contributed by atoms with E-state index in [1.807, 2.05) is 37.4 Å². The van der Waals surface area contributed by atoms with Gasteiger partial charge in [-0.1, -0.05) is 12.1 Å². The van der Waals surface area contributed by atoms with Gasteiger partial charge in [0.05, 0.1) is 22.3 Å². The largest absolute Gasteiger partial charge is 0.416 e. The first-order valence-electron chi connectivity index (χ1n) is 10.1. The van der Waals surface area contributed by atoms with Gasteiger partial charge in [-0.05, 0) is 56.8 Å². The molecule has 0 unspecified atom stereocenters. The molecule has 32 heavy (non-hydrogen) atoms. The van der Waals surface area contributed by atoms with Crippen LogP contribution in [-0.2, 0) is 6.54 Å². The molecule has 0 fully saturated rings. The van der Waals surface area contributed by atoms with Crippen LogP contribution in [0.1, 0.15) is 19.4 Å². The molecule has 0 aliphatic heterocycles. The number of aromatic nitrogens is 4. The number of nitrogens with zero attached hydrogens (tertiary/aromatic N) is 4. The van der Waals surface area contributed by atoms with Gasteiger partial charge in [-0.2, -0.15) is 10.6 Å². The molecule has 9 heteroatoms. The maximum Gasteiger partial charge on any atom is 0.249 e. The van der Waals surface area contributed by atoms with E-state index in [1.54, 1.807) is 38.4 Å². The molecule has 1 aromatic carbocycles. The van der Waals surface area contributed by atoms with E-state index in [2.05, 4.69) is 25.5 Å². The molecule has 3 aromatic heterocycles. The SMILES string of the molecule is CNCc1ccc(-c2nnc(-c3cncc(-c4ccc(S(O)(O)C(C)C)cn4)c3)o2)cc1. The predicted molar refractivity (Wildman–Crippen MR) is 125 cm³/mol. The number of hydrogen-bond donors (Lipinski definition) is 3. The predicted octanol–water partition coefficient (Wildman–Crippen LogP) is 5.10. The molecule has 0 saturated carbocycles. The van der Waals surface area contributed by atoms with Crippen LogP contribution in [0.2, 0.25) is 0 Å². The minimum atomic E-state index is -2.87. The standard InChI is InChI=1S/C23H25N5O3S/c1-15(2)32(29,30)20-8-9-21(26-14-20)18-10-19(13-25-12-18)23-28-27-22(31-23)17-6-4-16(5-7-17)11-24-3/h4-10,12-15,24,29-30H,11H2,1-3H3. The van der Waals surface area contributed by atoms with Crippen molar-refractivity contribution in [1.82, 2.24) is 25.5 Å². The molecule has 0 atom stereocenters. The number of pyridine rings is 2. The molecular weight excluding hydrogens is 426 g/mol. The van der Waals surface area contributed by atoms with E-state index in [9.17, 15) is 9.11 Å². The van der Waals surface area contributed by atoms with E-state index in [4.69, 9.17) is 4.42 Å². The second kappa shape index (κ2) is 9.17. The highest BCUT2D eigenvalue weighted by atomic mass is 32.3. The van der Waals surface area contributed by atoms with E-state index >= 15 is 0 Å². The van der Waals surface area contributed by atoms with Crippen LogP contribution >= 0.6 is 10.6 Å². The van der Waals surface area contributed by atoms with Gasteiger partial charge in [-0.25, -0.2) is 0 Å². The second-order valence-corrected chi connectivity index (χ2v) is 10.2. The third-order valence-electron chi connectivity index (χ3n) is 5.03. The molecule has 0 aliphatic carbocycles. The Labute approximate surface area is 188 Å². The molecule has 0 spiro atoms. The highest BCUT2D eigenvalue weighted by molar-refractivity contribution is 8.24. The normalized spacial score (nSPS) is 12.3. The van der Waals surface area contributed by atoms with E-state index in [0.29, 0.717) is 27.9 Å². The Hall–Kier alpha value is -3.11. The summed E-state index contributed by atoms with van der Waals surface area (Å²) in [4.78, 5) is 9.10. The maximum atomic E-state index is 10.3. The van der Waals surface area contributed by atoms with Crippen LogP contribution in [0.5, 0.6) is 0 Å². The van der Waals surface area contributed by atoms with E-state index in [0.717, 1.165) is 17.7 Å². The minimum absolute atomic E-state index is 0.286. The third-order valence-corrected chi connectivity index (χ3v) is 7.28. The quantitative estimate of drug-likeness (QED) is 0.355. The summed E-state index contributed by atoms with van der Waals surface area (Å²) >= 11 is 0. The molecule has 166 valence electrons. The Balaban J connectivity index is 1.57. The monoisotopic (exact) mass is 451 g/mol. The smallest absolute Gasteiger partial charge is 0.249 e. The zero-order chi connectivity index (χ0) is 22.7. The molecule has 4 aromatic rings. The van der Waals surface area contributed by atoms with E-state index < -0.39 is 10.6 Å². The fraction of sp³-hybridized carbons (Fsp3) is 0.217. The third kappa shape index (κ3) is 4.56. The molecule has 0 saturated heterocycles. The molecule has 0 amide bonds. The van der Waals surface area contributed by atoms with Crippen LogP contribution in [-0.4, -0.2) is 41.6 Å². The zero-order valence-electron chi connectivity index (χ0n) is 18.1. The first-order chi connectivity index (χ1) is 15.4. The highest BCUT2D eigenvalue weighted by Gasteiger charge is 2.20. The van der Waals surface area contributed by atoms with Crippen molar-refractivity contribution in [3.05, 3.63) is 66.6 Å². The first kappa shape index (κ1) is 22.1. The lowest BCUT2D eigenvalue weighted by atomic mass is 10.1. The van der Waals surface area contributed by atoms with Crippen molar-refractivity contribution in [2.75, 3.05) is 7.05 Å². The van der Waals surface area contributed by atoms with E-state index in [-0.39, 0.29) is 5.25 Å². The fourth-order valence-electron chi connectivity index (χ4n) is 3.12. The minimum Gasteiger partial charge on any atom is -0.416 e.